The van der Waals surface area contributed by atoms with E-state index in [0.29, 0.717) is 55.9 Å². The maximum atomic E-state index is 13.1. The van der Waals surface area contributed by atoms with E-state index in [1.165, 1.54) is 6.07 Å². The van der Waals surface area contributed by atoms with E-state index in [9.17, 15) is 19.5 Å². The second kappa shape index (κ2) is 11.2. The average Bonchev–Trinajstić information content (AvgIpc) is 3.09. The third-order valence-corrected chi connectivity index (χ3v) is 7.24. The third kappa shape index (κ3) is 6.23. The maximum Gasteiger partial charge on any atom is 0.410 e. The van der Waals surface area contributed by atoms with Crippen LogP contribution in [0.15, 0.2) is 35.1 Å². The molecule has 0 atom stereocenters. The van der Waals surface area contributed by atoms with Gasteiger partial charge in [0.1, 0.15) is 11.4 Å². The van der Waals surface area contributed by atoms with E-state index in [-0.39, 0.29) is 17.2 Å². The molecule has 0 radical (unpaired) electrons. The summed E-state index contributed by atoms with van der Waals surface area (Å²) in [5.74, 6) is 0.129. The summed E-state index contributed by atoms with van der Waals surface area (Å²) in [7, 11) is 1.75. The summed E-state index contributed by atoms with van der Waals surface area (Å²) in [6.07, 6.45) is 3.46. The lowest BCUT2D eigenvalue weighted by Crippen LogP contribution is -2.38. The summed E-state index contributed by atoms with van der Waals surface area (Å²) in [6.45, 7) is 7.04. The molecule has 2 aromatic carbocycles. The molecule has 0 saturated carbocycles. The Morgan fingerprint density at radius 2 is 1.89 bits per heavy atom. The molecular formula is C29H36ClN3O5. The van der Waals surface area contributed by atoms with E-state index in [4.69, 9.17) is 16.3 Å². The zero-order valence-corrected chi connectivity index (χ0v) is 23.3. The number of carbonyl (C=O) groups excluding carboxylic acids is 2. The molecule has 1 N–H and O–H groups in total. The summed E-state index contributed by atoms with van der Waals surface area (Å²) in [5, 5.41) is 10.0. The Hall–Kier alpha value is -3.26. The molecule has 38 heavy (non-hydrogen) atoms. The minimum absolute atomic E-state index is 0.0358. The van der Waals surface area contributed by atoms with Crippen molar-refractivity contribution >= 4 is 34.5 Å². The van der Waals surface area contributed by atoms with Gasteiger partial charge in [0.15, 0.2) is 5.78 Å². The molecule has 1 aromatic heterocycles. The van der Waals surface area contributed by atoms with Crippen LogP contribution in [-0.2, 0) is 31.2 Å². The molecule has 4 rings (SSSR count). The molecule has 0 unspecified atom stereocenters. The van der Waals surface area contributed by atoms with E-state index in [2.05, 4.69) is 0 Å². The number of phenolic OH excluding ortho intramolecular Hbond substituents is 1. The third-order valence-electron chi connectivity index (χ3n) is 6.89. The van der Waals surface area contributed by atoms with Crippen LogP contribution >= 0.6 is 11.6 Å². The van der Waals surface area contributed by atoms with E-state index >= 15 is 0 Å². The Kier molecular flexibility index (Phi) is 8.21. The van der Waals surface area contributed by atoms with Crippen molar-refractivity contribution in [2.24, 2.45) is 7.05 Å². The molecule has 2 heterocycles. The number of aromatic hydroxyl groups is 1. The van der Waals surface area contributed by atoms with Gasteiger partial charge in [-0.1, -0.05) is 17.7 Å². The molecule has 9 heteroatoms. The quantitative estimate of drug-likeness (QED) is 0.286. The Balaban J connectivity index is 1.39. The van der Waals surface area contributed by atoms with Crippen molar-refractivity contribution in [3.63, 3.8) is 0 Å². The SMILES string of the molecule is Cn1c(=O)n2c3c(cc(C(=O)CCCCN(CCc4ccc(O)cc4Cl)C(=O)OC(C)(C)C)cc31)CCC2. The van der Waals surface area contributed by atoms with Crippen molar-refractivity contribution in [2.75, 3.05) is 13.1 Å². The Morgan fingerprint density at radius 1 is 1.13 bits per heavy atom. The van der Waals surface area contributed by atoms with Gasteiger partial charge in [-0.05, 0) is 88.3 Å². The molecular weight excluding hydrogens is 506 g/mol. The fraction of sp³-hybridized carbons (Fsp3) is 0.483. The first-order valence-electron chi connectivity index (χ1n) is 13.2. The lowest BCUT2D eigenvalue weighted by Gasteiger charge is -2.27. The van der Waals surface area contributed by atoms with Crippen molar-refractivity contribution < 1.29 is 19.4 Å². The largest absolute Gasteiger partial charge is 0.508 e. The van der Waals surface area contributed by atoms with Gasteiger partial charge >= 0.3 is 11.8 Å². The van der Waals surface area contributed by atoms with Gasteiger partial charge in [0.2, 0.25) is 0 Å². The summed E-state index contributed by atoms with van der Waals surface area (Å²) < 4.78 is 9.03. The number of ketones is 1. The number of halogens is 1. The highest BCUT2D eigenvalue weighted by Gasteiger charge is 2.23. The molecule has 0 fully saturated rings. The standard InChI is InChI=1S/C29H36ClN3O5/c1-29(2,3)38-28(37)32(15-12-19-10-11-22(34)18-23(19)30)13-6-5-9-25(35)21-16-20-8-7-14-33-26(20)24(17-21)31(4)27(33)36/h10-11,16-18,34H,5-9,12-15H2,1-4H3. The number of amides is 1. The number of nitrogens with zero attached hydrogens (tertiary/aromatic N) is 3. The Morgan fingerprint density at radius 3 is 2.61 bits per heavy atom. The summed E-state index contributed by atoms with van der Waals surface area (Å²) in [4.78, 5) is 40.2. The maximum absolute atomic E-state index is 13.1. The molecule has 8 nitrogen and oxygen atoms in total. The number of phenols is 1. The number of Topliss-reactive ketones (excluding diaryl/α,β-unsaturated/α-hetero) is 1. The second-order valence-electron chi connectivity index (χ2n) is 11.0. The molecule has 1 aliphatic rings. The highest BCUT2D eigenvalue weighted by molar-refractivity contribution is 6.31. The van der Waals surface area contributed by atoms with Gasteiger partial charge < -0.3 is 14.7 Å². The van der Waals surface area contributed by atoms with Gasteiger partial charge in [-0.25, -0.2) is 9.59 Å². The van der Waals surface area contributed by atoms with Gasteiger partial charge in [-0.15, -0.1) is 0 Å². The van der Waals surface area contributed by atoms with Crippen LogP contribution < -0.4 is 5.69 Å². The Labute approximate surface area is 227 Å². The van der Waals surface area contributed by atoms with E-state index < -0.39 is 11.7 Å². The normalized spacial score (nSPS) is 13.1. The molecule has 3 aromatic rings. The van der Waals surface area contributed by atoms with Gasteiger partial charge in [0.25, 0.3) is 0 Å². The number of hydrogen-bond donors (Lipinski definition) is 1. The first-order chi connectivity index (χ1) is 17.9. The fourth-order valence-corrected chi connectivity index (χ4v) is 5.23. The van der Waals surface area contributed by atoms with Gasteiger partial charge in [-0.2, -0.15) is 0 Å². The van der Waals surface area contributed by atoms with E-state index in [1.807, 2.05) is 32.9 Å². The zero-order valence-electron chi connectivity index (χ0n) is 22.6. The highest BCUT2D eigenvalue weighted by Crippen LogP contribution is 2.27. The first kappa shape index (κ1) is 27.8. The average molecular weight is 542 g/mol. The smallest absolute Gasteiger partial charge is 0.410 e. The zero-order chi connectivity index (χ0) is 27.6. The van der Waals surface area contributed by atoms with Crippen LogP contribution in [0.25, 0.3) is 11.0 Å². The molecule has 0 saturated heterocycles. The van der Waals surface area contributed by atoms with Gasteiger partial charge in [0, 0.05) is 43.7 Å². The molecule has 1 amide bonds. The van der Waals surface area contributed by atoms with Crippen LogP contribution in [0.2, 0.25) is 5.02 Å². The van der Waals surface area contributed by atoms with E-state index in [1.54, 1.807) is 33.2 Å². The number of unbranched alkanes of at least 4 members (excludes halogenated alkanes) is 1. The lowest BCUT2D eigenvalue weighted by molar-refractivity contribution is 0.0249. The molecule has 1 aliphatic heterocycles. The van der Waals surface area contributed by atoms with Crippen molar-refractivity contribution in [1.82, 2.24) is 14.0 Å². The van der Waals surface area contributed by atoms with Crippen LogP contribution in [0, 0.1) is 0 Å². The molecule has 0 spiro atoms. The van der Waals surface area contributed by atoms with Crippen LogP contribution in [-0.4, -0.2) is 49.7 Å². The summed E-state index contributed by atoms with van der Waals surface area (Å²) in [5.41, 5.74) is 3.60. The number of carbonyl (C=O) groups is 2. The monoisotopic (exact) mass is 541 g/mol. The van der Waals surface area contributed by atoms with E-state index in [0.717, 1.165) is 35.0 Å². The minimum atomic E-state index is -0.626. The number of aromatic nitrogens is 2. The Bertz CT molecular complexity index is 1420. The number of benzene rings is 2. The predicted molar refractivity (Wildman–Crippen MR) is 148 cm³/mol. The van der Waals surface area contributed by atoms with Gasteiger partial charge in [-0.3, -0.25) is 13.9 Å². The number of aryl methyl sites for hydroxylation is 3. The number of hydrogen-bond acceptors (Lipinski definition) is 5. The lowest BCUT2D eigenvalue weighted by atomic mass is 9.97. The van der Waals surface area contributed by atoms with Crippen molar-refractivity contribution in [1.29, 1.82) is 0 Å². The van der Waals surface area contributed by atoms with Crippen LogP contribution in [0.4, 0.5) is 4.79 Å². The van der Waals surface area contributed by atoms with Crippen molar-refractivity contribution in [3.05, 3.63) is 62.5 Å². The minimum Gasteiger partial charge on any atom is -0.508 e. The summed E-state index contributed by atoms with van der Waals surface area (Å²) >= 11 is 6.25. The second-order valence-corrected chi connectivity index (χ2v) is 11.4. The summed E-state index contributed by atoms with van der Waals surface area (Å²) in [6, 6.07) is 8.58. The van der Waals surface area contributed by atoms with Crippen LogP contribution in [0.1, 0.15) is 67.9 Å². The number of imidazole rings is 1. The first-order valence-corrected chi connectivity index (χ1v) is 13.5. The van der Waals surface area contributed by atoms with Gasteiger partial charge in [0.05, 0.1) is 11.0 Å². The number of rotatable bonds is 9. The van der Waals surface area contributed by atoms with Crippen molar-refractivity contribution in [2.45, 2.75) is 71.4 Å². The topological polar surface area (TPSA) is 93.8 Å². The molecule has 0 aliphatic carbocycles. The van der Waals surface area contributed by atoms with Crippen LogP contribution in [0.3, 0.4) is 0 Å². The van der Waals surface area contributed by atoms with Crippen LogP contribution in [0.5, 0.6) is 5.75 Å². The van der Waals surface area contributed by atoms with Crippen molar-refractivity contribution in [3.8, 4) is 5.75 Å². The fourth-order valence-electron chi connectivity index (χ4n) is 4.96. The molecule has 204 valence electrons. The molecule has 0 bridgehead atoms. The number of ether oxygens (including phenoxy) is 1. The predicted octanol–water partition coefficient (Wildman–Crippen LogP) is 5.48. The highest BCUT2D eigenvalue weighted by atomic mass is 35.5.